The lowest BCUT2D eigenvalue weighted by molar-refractivity contribution is 0.228. The van der Waals surface area contributed by atoms with Gasteiger partial charge in [-0.1, -0.05) is 26.2 Å². The third-order valence-corrected chi connectivity index (χ3v) is 3.99. The van der Waals surface area contributed by atoms with Crippen molar-refractivity contribution in [2.45, 2.75) is 45.1 Å². The molecule has 1 aliphatic carbocycles. The summed E-state index contributed by atoms with van der Waals surface area (Å²) < 4.78 is 0. The van der Waals surface area contributed by atoms with E-state index < -0.39 is 0 Å². The molecule has 1 saturated heterocycles. The molecule has 2 heteroatoms. The predicted molar refractivity (Wildman–Crippen MR) is 60.2 cm³/mol. The van der Waals surface area contributed by atoms with Crippen molar-refractivity contribution in [3.05, 3.63) is 0 Å². The quantitative estimate of drug-likeness (QED) is 0.730. The highest BCUT2D eigenvalue weighted by Crippen LogP contribution is 2.26. The molecule has 2 N–H and O–H groups in total. The van der Waals surface area contributed by atoms with Crippen LogP contribution in [0.15, 0.2) is 0 Å². The molecule has 0 aromatic rings. The van der Waals surface area contributed by atoms with Crippen LogP contribution in [0.25, 0.3) is 0 Å². The molecular formula is C12H24N2. The van der Waals surface area contributed by atoms with Crippen molar-refractivity contribution >= 4 is 0 Å². The fourth-order valence-electron chi connectivity index (χ4n) is 2.98. The maximum atomic E-state index is 6.03. The van der Waals surface area contributed by atoms with Gasteiger partial charge in [0.15, 0.2) is 0 Å². The molecular weight excluding hydrogens is 172 g/mol. The number of nitrogens with two attached hydrogens (primary N) is 1. The maximum absolute atomic E-state index is 6.03. The lowest BCUT2D eigenvalue weighted by Gasteiger charge is -2.26. The molecule has 82 valence electrons. The summed E-state index contributed by atoms with van der Waals surface area (Å²) in [6, 6.07) is 0.429. The Labute approximate surface area is 87.8 Å². The summed E-state index contributed by atoms with van der Waals surface area (Å²) >= 11 is 0. The molecule has 0 aromatic carbocycles. The van der Waals surface area contributed by atoms with Crippen molar-refractivity contribution in [3.63, 3.8) is 0 Å². The van der Waals surface area contributed by atoms with Gasteiger partial charge in [0.25, 0.3) is 0 Å². The zero-order valence-corrected chi connectivity index (χ0v) is 9.41. The lowest BCUT2D eigenvalue weighted by Crippen LogP contribution is -2.31. The van der Waals surface area contributed by atoms with E-state index in [9.17, 15) is 0 Å². The Morgan fingerprint density at radius 1 is 1.14 bits per heavy atom. The van der Waals surface area contributed by atoms with Crippen molar-refractivity contribution in [2.75, 3.05) is 19.6 Å². The molecule has 1 aliphatic heterocycles. The Bertz CT molecular complexity index is 165. The van der Waals surface area contributed by atoms with Gasteiger partial charge in [0.1, 0.15) is 0 Å². The van der Waals surface area contributed by atoms with Gasteiger partial charge in [-0.15, -0.1) is 0 Å². The first-order chi connectivity index (χ1) is 6.75. The SMILES string of the molecule is CC1CN(CC2CCCCC2)CC1N. The highest BCUT2D eigenvalue weighted by molar-refractivity contribution is 4.85. The number of hydrogen-bond donors (Lipinski definition) is 1. The molecule has 1 heterocycles. The van der Waals surface area contributed by atoms with E-state index in [0.29, 0.717) is 12.0 Å². The minimum atomic E-state index is 0.429. The van der Waals surface area contributed by atoms with Crippen LogP contribution in [0.5, 0.6) is 0 Å². The van der Waals surface area contributed by atoms with Crippen LogP contribution in [0.4, 0.5) is 0 Å². The number of nitrogens with zero attached hydrogens (tertiary/aromatic N) is 1. The van der Waals surface area contributed by atoms with Crippen molar-refractivity contribution in [1.82, 2.24) is 4.90 Å². The number of rotatable bonds is 2. The normalized spacial score (nSPS) is 36.4. The smallest absolute Gasteiger partial charge is 0.0206 e. The van der Waals surface area contributed by atoms with Gasteiger partial charge >= 0.3 is 0 Å². The van der Waals surface area contributed by atoms with E-state index >= 15 is 0 Å². The van der Waals surface area contributed by atoms with Crippen LogP contribution in [-0.4, -0.2) is 30.6 Å². The first-order valence-corrected chi connectivity index (χ1v) is 6.23. The average Bonchev–Trinajstić information content (AvgIpc) is 2.47. The summed E-state index contributed by atoms with van der Waals surface area (Å²) in [5.41, 5.74) is 6.03. The average molecular weight is 196 g/mol. The summed E-state index contributed by atoms with van der Waals surface area (Å²) in [7, 11) is 0. The summed E-state index contributed by atoms with van der Waals surface area (Å²) in [4.78, 5) is 2.59. The molecule has 2 fully saturated rings. The lowest BCUT2D eigenvalue weighted by atomic mass is 9.89. The monoisotopic (exact) mass is 196 g/mol. The van der Waals surface area contributed by atoms with Gasteiger partial charge in [-0.3, -0.25) is 0 Å². The van der Waals surface area contributed by atoms with E-state index in [2.05, 4.69) is 11.8 Å². The first kappa shape index (κ1) is 10.4. The number of hydrogen-bond acceptors (Lipinski definition) is 2. The van der Waals surface area contributed by atoms with E-state index in [1.807, 2.05) is 0 Å². The Hall–Kier alpha value is -0.0800. The van der Waals surface area contributed by atoms with Gasteiger partial charge in [-0.05, 0) is 24.7 Å². The molecule has 2 rings (SSSR count). The maximum Gasteiger partial charge on any atom is 0.0206 e. The zero-order chi connectivity index (χ0) is 9.97. The highest BCUT2D eigenvalue weighted by atomic mass is 15.2. The van der Waals surface area contributed by atoms with Crippen LogP contribution >= 0.6 is 0 Å². The Kier molecular flexibility index (Phi) is 3.45. The molecule has 2 atom stereocenters. The van der Waals surface area contributed by atoms with Crippen LogP contribution in [0.2, 0.25) is 0 Å². The Morgan fingerprint density at radius 2 is 1.86 bits per heavy atom. The molecule has 0 spiro atoms. The summed E-state index contributed by atoms with van der Waals surface area (Å²) in [5, 5.41) is 0. The van der Waals surface area contributed by atoms with E-state index in [0.717, 1.165) is 12.5 Å². The number of likely N-dealkylation sites (tertiary alicyclic amines) is 1. The second kappa shape index (κ2) is 4.63. The predicted octanol–water partition coefficient (Wildman–Crippen LogP) is 1.85. The standard InChI is InChI=1S/C12H24N2/c1-10-7-14(9-12(10)13)8-11-5-3-2-4-6-11/h10-12H,2-9,13H2,1H3. The van der Waals surface area contributed by atoms with Gasteiger partial charge < -0.3 is 10.6 Å². The molecule has 1 saturated carbocycles. The molecule has 2 unspecified atom stereocenters. The zero-order valence-electron chi connectivity index (χ0n) is 9.41. The second-order valence-electron chi connectivity index (χ2n) is 5.36. The van der Waals surface area contributed by atoms with Gasteiger partial charge in [0, 0.05) is 25.7 Å². The van der Waals surface area contributed by atoms with Crippen molar-refractivity contribution in [2.24, 2.45) is 17.6 Å². The van der Waals surface area contributed by atoms with Crippen LogP contribution in [0.1, 0.15) is 39.0 Å². The van der Waals surface area contributed by atoms with E-state index in [-0.39, 0.29) is 0 Å². The molecule has 2 aliphatic rings. The molecule has 2 nitrogen and oxygen atoms in total. The van der Waals surface area contributed by atoms with Crippen LogP contribution < -0.4 is 5.73 Å². The molecule has 14 heavy (non-hydrogen) atoms. The molecule has 0 amide bonds. The van der Waals surface area contributed by atoms with Crippen molar-refractivity contribution in [1.29, 1.82) is 0 Å². The van der Waals surface area contributed by atoms with E-state index in [4.69, 9.17) is 5.73 Å². The van der Waals surface area contributed by atoms with Gasteiger partial charge in [-0.2, -0.15) is 0 Å². The fourth-order valence-corrected chi connectivity index (χ4v) is 2.98. The van der Waals surface area contributed by atoms with Gasteiger partial charge in [0.05, 0.1) is 0 Å². The third-order valence-electron chi connectivity index (χ3n) is 3.99. The Morgan fingerprint density at radius 3 is 2.43 bits per heavy atom. The van der Waals surface area contributed by atoms with Crippen LogP contribution in [-0.2, 0) is 0 Å². The van der Waals surface area contributed by atoms with Gasteiger partial charge in [0.2, 0.25) is 0 Å². The summed E-state index contributed by atoms with van der Waals surface area (Å²) in [6.07, 6.45) is 7.30. The van der Waals surface area contributed by atoms with Crippen LogP contribution in [0, 0.1) is 11.8 Å². The van der Waals surface area contributed by atoms with E-state index in [1.165, 1.54) is 45.2 Å². The minimum absolute atomic E-state index is 0.429. The summed E-state index contributed by atoms with van der Waals surface area (Å²) in [5.74, 6) is 1.68. The van der Waals surface area contributed by atoms with Gasteiger partial charge in [-0.25, -0.2) is 0 Å². The molecule has 0 aromatic heterocycles. The topological polar surface area (TPSA) is 29.3 Å². The Balaban J connectivity index is 1.74. The highest BCUT2D eigenvalue weighted by Gasteiger charge is 2.28. The second-order valence-corrected chi connectivity index (χ2v) is 5.36. The van der Waals surface area contributed by atoms with E-state index in [1.54, 1.807) is 0 Å². The van der Waals surface area contributed by atoms with Crippen LogP contribution in [0.3, 0.4) is 0 Å². The summed E-state index contributed by atoms with van der Waals surface area (Å²) in [6.45, 7) is 5.97. The van der Waals surface area contributed by atoms with Crippen molar-refractivity contribution < 1.29 is 0 Å². The molecule has 0 bridgehead atoms. The van der Waals surface area contributed by atoms with Crippen molar-refractivity contribution in [3.8, 4) is 0 Å². The third kappa shape index (κ3) is 2.48. The minimum Gasteiger partial charge on any atom is -0.326 e. The molecule has 0 radical (unpaired) electrons. The largest absolute Gasteiger partial charge is 0.326 e. The fraction of sp³-hybridized carbons (Fsp3) is 1.00. The first-order valence-electron chi connectivity index (χ1n) is 6.23.